The first kappa shape index (κ1) is 17.6. The summed E-state index contributed by atoms with van der Waals surface area (Å²) in [6.45, 7) is 3.38. The minimum atomic E-state index is -1.13. The van der Waals surface area contributed by atoms with Crippen LogP contribution in [-0.2, 0) is 9.53 Å². The molecule has 0 aliphatic rings. The Kier molecular flexibility index (Phi) is 5.64. The summed E-state index contributed by atoms with van der Waals surface area (Å²) in [5.41, 5.74) is 5.91. The third-order valence-electron chi connectivity index (χ3n) is 3.08. The van der Waals surface area contributed by atoms with Crippen LogP contribution in [0.3, 0.4) is 0 Å². The number of esters is 1. The molecule has 0 fully saturated rings. The van der Waals surface area contributed by atoms with Crippen molar-refractivity contribution in [1.82, 2.24) is 10.3 Å². The summed E-state index contributed by atoms with van der Waals surface area (Å²) in [5, 5.41) is 4.15. The molecule has 0 bridgehead atoms. The topological polar surface area (TPSA) is 111 Å². The fourth-order valence-corrected chi connectivity index (χ4v) is 2.74. The van der Waals surface area contributed by atoms with Crippen LogP contribution < -0.4 is 11.1 Å². The number of thiazole rings is 1. The molecule has 1 heterocycles. The Bertz CT molecular complexity index is 743. The maximum atomic E-state index is 12.2. The Hall–Kier alpha value is -2.74. The monoisotopic (exact) mass is 347 g/mol. The molecule has 0 aliphatic heterocycles. The number of amides is 3. The number of imide groups is 1. The predicted octanol–water partition coefficient (Wildman–Crippen LogP) is 2.19. The predicted molar refractivity (Wildman–Crippen MR) is 89.3 cm³/mol. The first-order valence-electron chi connectivity index (χ1n) is 7.20. The largest absolute Gasteiger partial charge is 0.447 e. The molecule has 3 amide bonds. The van der Waals surface area contributed by atoms with Crippen molar-refractivity contribution >= 4 is 29.2 Å². The molecular weight excluding hydrogens is 330 g/mol. The van der Waals surface area contributed by atoms with Crippen LogP contribution in [0.1, 0.15) is 24.3 Å². The summed E-state index contributed by atoms with van der Waals surface area (Å²) < 4.78 is 5.20. The Labute approximate surface area is 142 Å². The van der Waals surface area contributed by atoms with E-state index in [1.165, 1.54) is 11.3 Å². The van der Waals surface area contributed by atoms with Crippen LogP contribution in [0.5, 0.6) is 0 Å². The lowest BCUT2D eigenvalue weighted by atomic mass is 10.1. The van der Waals surface area contributed by atoms with Gasteiger partial charge in [0.2, 0.25) is 0 Å². The highest BCUT2D eigenvalue weighted by atomic mass is 32.1. The summed E-state index contributed by atoms with van der Waals surface area (Å²) in [7, 11) is 0. The lowest BCUT2D eigenvalue weighted by Gasteiger charge is -2.19. The molecule has 24 heavy (non-hydrogen) atoms. The van der Waals surface area contributed by atoms with Gasteiger partial charge >= 0.3 is 12.0 Å². The molecule has 1 atom stereocenters. The SMILES string of the molecule is CC(C)C(OC(=O)c1csc(-c2ccccc2)n1)C(=O)NC(N)=O. The summed E-state index contributed by atoms with van der Waals surface area (Å²) >= 11 is 1.30. The van der Waals surface area contributed by atoms with E-state index in [0.29, 0.717) is 5.01 Å². The van der Waals surface area contributed by atoms with Crippen LogP contribution in [0.2, 0.25) is 0 Å². The number of urea groups is 1. The summed E-state index contributed by atoms with van der Waals surface area (Å²) in [4.78, 5) is 39.1. The molecule has 7 nitrogen and oxygen atoms in total. The number of aromatic nitrogens is 1. The molecular formula is C16H17N3O4S. The highest BCUT2D eigenvalue weighted by Gasteiger charge is 2.28. The minimum absolute atomic E-state index is 0.108. The number of nitrogens with two attached hydrogens (primary N) is 1. The number of primary amides is 1. The normalized spacial score (nSPS) is 11.8. The van der Waals surface area contributed by atoms with Gasteiger partial charge in [-0.1, -0.05) is 44.2 Å². The van der Waals surface area contributed by atoms with Gasteiger partial charge < -0.3 is 10.5 Å². The average molecular weight is 347 g/mol. The second-order valence-corrected chi connectivity index (χ2v) is 6.19. The molecule has 1 unspecified atom stereocenters. The average Bonchev–Trinajstić information content (AvgIpc) is 3.02. The van der Waals surface area contributed by atoms with Crippen molar-refractivity contribution in [2.45, 2.75) is 20.0 Å². The molecule has 0 saturated heterocycles. The van der Waals surface area contributed by atoms with E-state index < -0.39 is 24.0 Å². The standard InChI is InChI=1S/C16H17N3O4S/c1-9(2)12(13(20)19-16(17)22)23-15(21)11-8-24-14(18-11)10-6-4-3-5-7-10/h3-9,12H,1-2H3,(H3,17,19,20,22). The molecule has 126 valence electrons. The fraction of sp³-hybridized carbons (Fsp3) is 0.250. The number of hydrogen-bond donors (Lipinski definition) is 2. The lowest BCUT2D eigenvalue weighted by Crippen LogP contribution is -2.45. The van der Waals surface area contributed by atoms with Crippen molar-refractivity contribution in [3.63, 3.8) is 0 Å². The van der Waals surface area contributed by atoms with E-state index in [1.54, 1.807) is 19.2 Å². The van der Waals surface area contributed by atoms with Crippen molar-refractivity contribution in [1.29, 1.82) is 0 Å². The van der Waals surface area contributed by atoms with Gasteiger partial charge in [0, 0.05) is 10.9 Å². The van der Waals surface area contributed by atoms with Crippen LogP contribution in [0.15, 0.2) is 35.7 Å². The number of ether oxygens (including phenoxy) is 1. The molecule has 0 saturated carbocycles. The third kappa shape index (κ3) is 4.39. The van der Waals surface area contributed by atoms with Crippen LogP contribution in [0.25, 0.3) is 10.6 Å². The highest BCUT2D eigenvalue weighted by molar-refractivity contribution is 7.13. The number of rotatable bonds is 5. The van der Waals surface area contributed by atoms with Crippen LogP contribution in [0, 0.1) is 5.92 Å². The first-order valence-corrected chi connectivity index (χ1v) is 8.08. The quantitative estimate of drug-likeness (QED) is 0.805. The van der Waals surface area contributed by atoms with Crippen molar-refractivity contribution in [2.24, 2.45) is 11.7 Å². The van der Waals surface area contributed by atoms with Gasteiger partial charge in [-0.3, -0.25) is 10.1 Å². The molecule has 2 aromatic rings. The van der Waals surface area contributed by atoms with Gasteiger partial charge in [-0.2, -0.15) is 0 Å². The van der Waals surface area contributed by atoms with Crippen LogP contribution in [0.4, 0.5) is 4.79 Å². The minimum Gasteiger partial charge on any atom is -0.447 e. The zero-order chi connectivity index (χ0) is 17.7. The molecule has 0 spiro atoms. The Morgan fingerprint density at radius 1 is 1.21 bits per heavy atom. The molecule has 0 radical (unpaired) electrons. The van der Waals surface area contributed by atoms with E-state index in [-0.39, 0.29) is 11.6 Å². The summed E-state index contributed by atoms with van der Waals surface area (Å²) in [6, 6.07) is 8.39. The van der Waals surface area contributed by atoms with Gasteiger partial charge in [0.05, 0.1) is 0 Å². The Balaban J connectivity index is 2.12. The second-order valence-electron chi connectivity index (χ2n) is 5.33. The van der Waals surface area contributed by atoms with Gasteiger partial charge in [0.15, 0.2) is 11.8 Å². The van der Waals surface area contributed by atoms with E-state index in [1.807, 2.05) is 35.6 Å². The van der Waals surface area contributed by atoms with E-state index in [9.17, 15) is 14.4 Å². The molecule has 3 N–H and O–H groups in total. The smallest absolute Gasteiger partial charge is 0.358 e. The number of nitrogens with zero attached hydrogens (tertiary/aromatic N) is 1. The number of hydrogen-bond acceptors (Lipinski definition) is 6. The van der Waals surface area contributed by atoms with Gasteiger partial charge in [0.1, 0.15) is 5.01 Å². The number of carbonyl (C=O) groups excluding carboxylic acids is 3. The molecule has 0 aliphatic carbocycles. The van der Waals surface area contributed by atoms with E-state index in [0.717, 1.165) is 5.56 Å². The van der Waals surface area contributed by atoms with Gasteiger partial charge in [0.25, 0.3) is 5.91 Å². The van der Waals surface area contributed by atoms with Crippen molar-refractivity contribution in [3.8, 4) is 10.6 Å². The van der Waals surface area contributed by atoms with Crippen molar-refractivity contribution < 1.29 is 19.1 Å². The molecule has 1 aromatic heterocycles. The third-order valence-corrected chi connectivity index (χ3v) is 3.97. The zero-order valence-corrected chi connectivity index (χ0v) is 14.0. The fourth-order valence-electron chi connectivity index (χ4n) is 1.94. The van der Waals surface area contributed by atoms with E-state index in [2.05, 4.69) is 4.98 Å². The van der Waals surface area contributed by atoms with E-state index >= 15 is 0 Å². The number of carbonyl (C=O) groups is 3. The van der Waals surface area contributed by atoms with Crippen molar-refractivity contribution in [2.75, 3.05) is 0 Å². The molecule has 1 aromatic carbocycles. The van der Waals surface area contributed by atoms with Crippen LogP contribution in [-0.4, -0.2) is 29.0 Å². The Morgan fingerprint density at radius 3 is 2.46 bits per heavy atom. The second kappa shape index (κ2) is 7.69. The van der Waals surface area contributed by atoms with Gasteiger partial charge in [-0.15, -0.1) is 11.3 Å². The number of benzene rings is 1. The maximum Gasteiger partial charge on any atom is 0.358 e. The summed E-state index contributed by atoms with van der Waals surface area (Å²) in [5.74, 6) is -1.82. The van der Waals surface area contributed by atoms with Crippen molar-refractivity contribution in [3.05, 3.63) is 41.4 Å². The lowest BCUT2D eigenvalue weighted by molar-refractivity contribution is -0.130. The van der Waals surface area contributed by atoms with E-state index in [4.69, 9.17) is 10.5 Å². The maximum absolute atomic E-state index is 12.2. The first-order chi connectivity index (χ1) is 11.4. The molecule has 8 heteroatoms. The summed E-state index contributed by atoms with van der Waals surface area (Å²) in [6.07, 6.45) is -1.13. The number of nitrogens with one attached hydrogen (secondary N) is 1. The molecule has 2 rings (SSSR count). The highest BCUT2D eigenvalue weighted by Crippen LogP contribution is 2.24. The van der Waals surface area contributed by atoms with Crippen LogP contribution >= 0.6 is 11.3 Å². The Morgan fingerprint density at radius 2 is 1.88 bits per heavy atom. The van der Waals surface area contributed by atoms with Gasteiger partial charge in [-0.05, 0) is 5.92 Å². The van der Waals surface area contributed by atoms with Gasteiger partial charge in [-0.25, -0.2) is 14.6 Å². The zero-order valence-electron chi connectivity index (χ0n) is 13.2.